The molecule has 11 heteroatoms. The Balaban J connectivity index is 3.06. The molecule has 106 valence electrons. The number of hydrogen-bond donors (Lipinski definition) is 2. The largest absolute Gasteiger partial charge is 0.481 e. The van der Waals surface area contributed by atoms with E-state index in [2.05, 4.69) is 13.9 Å². The maximum absolute atomic E-state index is 12.0. The molecule has 0 unspecified atom stereocenters. The van der Waals surface area contributed by atoms with Crippen molar-refractivity contribution in [3.05, 3.63) is 18.3 Å². The van der Waals surface area contributed by atoms with Crippen LogP contribution < -0.4 is 10.5 Å². The highest BCUT2D eigenvalue weighted by atomic mass is 32.2. The van der Waals surface area contributed by atoms with Gasteiger partial charge in [0.05, 0.1) is 0 Å². The van der Waals surface area contributed by atoms with Gasteiger partial charge in [-0.2, -0.15) is 21.6 Å². The molecule has 1 rings (SSSR count). The van der Waals surface area contributed by atoms with E-state index in [0.29, 0.717) is 0 Å². The van der Waals surface area contributed by atoms with E-state index >= 15 is 0 Å². The van der Waals surface area contributed by atoms with Crippen LogP contribution in [0.25, 0.3) is 0 Å². The summed E-state index contributed by atoms with van der Waals surface area (Å²) in [5.41, 5.74) is 4.74. The molecule has 3 N–H and O–H groups in total. The number of nitrogens with two attached hydrogens (primary N) is 1. The van der Waals surface area contributed by atoms with Gasteiger partial charge in [0, 0.05) is 6.20 Å². The average Bonchev–Trinajstić information content (AvgIpc) is 2.24. The van der Waals surface area contributed by atoms with Crippen molar-refractivity contribution in [3.63, 3.8) is 0 Å². The van der Waals surface area contributed by atoms with Crippen molar-refractivity contribution in [3.8, 4) is 5.75 Å². The lowest BCUT2D eigenvalue weighted by Crippen LogP contribution is -2.23. The number of nitrogens with one attached hydrogen (secondary N) is 1. The minimum Gasteiger partial charge on any atom is -0.481 e. The number of aromatic nitrogens is 1. The second-order valence-electron chi connectivity index (χ2n) is 3.11. The molecule has 1 heterocycles. The predicted molar refractivity (Wildman–Crippen MR) is 56.0 cm³/mol. The standard InChI is InChI=1S/C8H8F3N3O4S/c9-8(10,11)4-17-5-2-1-3-14-6(5)19(15,16)18-7(12)13/h1-3H,4H2,(H3,12,13). The van der Waals surface area contributed by atoms with Crippen LogP contribution in [0.4, 0.5) is 13.2 Å². The van der Waals surface area contributed by atoms with Crippen molar-refractivity contribution in [2.75, 3.05) is 6.61 Å². The third kappa shape index (κ3) is 4.62. The van der Waals surface area contributed by atoms with Gasteiger partial charge in [0.15, 0.2) is 12.4 Å². The summed E-state index contributed by atoms with van der Waals surface area (Å²) in [4.78, 5) is 3.35. The van der Waals surface area contributed by atoms with Crippen LogP contribution >= 0.6 is 0 Å². The van der Waals surface area contributed by atoms with Crippen molar-refractivity contribution in [2.24, 2.45) is 5.73 Å². The zero-order valence-corrected chi connectivity index (χ0v) is 9.96. The molecule has 0 aliphatic carbocycles. The SMILES string of the molecule is N=C(N)OS(=O)(=O)c1ncccc1OCC(F)(F)F. The molecule has 1 aromatic rings. The molecule has 0 atom stereocenters. The van der Waals surface area contributed by atoms with E-state index < -0.39 is 39.7 Å². The lowest BCUT2D eigenvalue weighted by Gasteiger charge is -2.12. The normalized spacial score (nSPS) is 11.9. The summed E-state index contributed by atoms with van der Waals surface area (Å²) in [6.45, 7) is -1.69. The highest BCUT2D eigenvalue weighted by molar-refractivity contribution is 7.87. The molecule has 0 aliphatic heterocycles. The molecular weight excluding hydrogens is 291 g/mol. The summed E-state index contributed by atoms with van der Waals surface area (Å²) < 4.78 is 67.4. The molecule has 1 aromatic heterocycles. The molecule has 19 heavy (non-hydrogen) atoms. The molecule has 0 aliphatic rings. The van der Waals surface area contributed by atoms with Gasteiger partial charge in [-0.15, -0.1) is 0 Å². The van der Waals surface area contributed by atoms with Gasteiger partial charge >= 0.3 is 16.3 Å². The van der Waals surface area contributed by atoms with Crippen molar-refractivity contribution >= 4 is 16.1 Å². The number of hydrogen-bond acceptors (Lipinski definition) is 6. The Morgan fingerprint density at radius 3 is 2.63 bits per heavy atom. The van der Waals surface area contributed by atoms with E-state index in [-0.39, 0.29) is 0 Å². The van der Waals surface area contributed by atoms with Crippen molar-refractivity contribution < 1.29 is 30.5 Å². The average molecular weight is 299 g/mol. The number of halogens is 3. The van der Waals surface area contributed by atoms with E-state index in [1.807, 2.05) is 0 Å². The Morgan fingerprint density at radius 2 is 2.11 bits per heavy atom. The van der Waals surface area contributed by atoms with E-state index in [4.69, 9.17) is 11.1 Å². The number of alkyl halides is 3. The van der Waals surface area contributed by atoms with Crippen molar-refractivity contribution in [2.45, 2.75) is 11.2 Å². The monoisotopic (exact) mass is 299 g/mol. The van der Waals surface area contributed by atoms with E-state index in [0.717, 1.165) is 12.3 Å². The summed E-state index contributed by atoms with van der Waals surface area (Å²) in [6.07, 6.45) is -3.63. The van der Waals surface area contributed by atoms with Crippen LogP contribution in [0.15, 0.2) is 23.4 Å². The summed E-state index contributed by atoms with van der Waals surface area (Å²) in [7, 11) is -4.61. The van der Waals surface area contributed by atoms with Crippen molar-refractivity contribution in [1.29, 1.82) is 5.41 Å². The van der Waals surface area contributed by atoms with Gasteiger partial charge in [0.2, 0.25) is 5.03 Å². The first-order valence-corrected chi connectivity index (χ1v) is 5.96. The quantitative estimate of drug-likeness (QED) is 0.478. The maximum atomic E-state index is 12.0. The summed E-state index contributed by atoms with van der Waals surface area (Å²) in [5.74, 6) is -0.652. The number of pyridine rings is 1. The van der Waals surface area contributed by atoms with Crippen LogP contribution in [0, 0.1) is 5.41 Å². The molecule has 0 amide bonds. The fraction of sp³-hybridized carbons (Fsp3) is 0.250. The van der Waals surface area contributed by atoms with E-state index in [1.54, 1.807) is 0 Å². The van der Waals surface area contributed by atoms with E-state index in [9.17, 15) is 21.6 Å². The molecule has 0 radical (unpaired) electrons. The first-order chi connectivity index (χ1) is 8.62. The smallest absolute Gasteiger partial charge is 0.422 e. The molecular formula is C8H8F3N3O4S. The minimum absolute atomic E-state index is 0.652. The summed E-state index contributed by atoms with van der Waals surface area (Å²) in [5, 5.41) is 5.80. The maximum Gasteiger partial charge on any atom is 0.422 e. The molecule has 0 bridgehead atoms. The second-order valence-corrected chi connectivity index (χ2v) is 4.57. The lowest BCUT2D eigenvalue weighted by molar-refractivity contribution is -0.153. The Labute approximate surface area is 105 Å². The van der Waals surface area contributed by atoms with Crippen LogP contribution in [0.3, 0.4) is 0 Å². The number of nitrogens with zero attached hydrogens (tertiary/aromatic N) is 1. The van der Waals surface area contributed by atoms with Crippen molar-refractivity contribution in [1.82, 2.24) is 4.98 Å². The van der Waals surface area contributed by atoms with Crippen LogP contribution in [0.5, 0.6) is 5.75 Å². The van der Waals surface area contributed by atoms with Crippen LogP contribution in [0.2, 0.25) is 0 Å². The Hall–Kier alpha value is -2.04. The number of amidine groups is 1. The molecule has 0 spiro atoms. The third-order valence-electron chi connectivity index (χ3n) is 1.56. The van der Waals surface area contributed by atoms with Crippen LogP contribution in [-0.4, -0.2) is 32.2 Å². The highest BCUT2D eigenvalue weighted by Crippen LogP contribution is 2.25. The minimum atomic E-state index is -4.64. The van der Waals surface area contributed by atoms with Gasteiger partial charge in [-0.3, -0.25) is 5.41 Å². The van der Waals surface area contributed by atoms with Gasteiger partial charge in [-0.1, -0.05) is 0 Å². The summed E-state index contributed by atoms with van der Waals surface area (Å²) in [6, 6.07) is 1.00. The number of rotatable bonds is 4. The van der Waals surface area contributed by atoms with Gasteiger partial charge in [0.1, 0.15) is 0 Å². The molecule has 0 saturated heterocycles. The first-order valence-electron chi connectivity index (χ1n) is 4.55. The zero-order valence-electron chi connectivity index (χ0n) is 9.14. The topological polar surface area (TPSA) is 115 Å². The van der Waals surface area contributed by atoms with Crippen LogP contribution in [0.1, 0.15) is 0 Å². The highest BCUT2D eigenvalue weighted by Gasteiger charge is 2.31. The molecule has 0 saturated carbocycles. The van der Waals surface area contributed by atoms with Gasteiger partial charge in [-0.25, -0.2) is 4.98 Å². The fourth-order valence-corrected chi connectivity index (χ4v) is 1.87. The fourth-order valence-electron chi connectivity index (χ4n) is 0.991. The Morgan fingerprint density at radius 1 is 1.47 bits per heavy atom. The second kappa shape index (κ2) is 5.30. The van der Waals surface area contributed by atoms with Gasteiger partial charge in [0.25, 0.3) is 6.02 Å². The zero-order chi connectivity index (χ0) is 14.7. The van der Waals surface area contributed by atoms with Crippen LogP contribution in [-0.2, 0) is 14.3 Å². The molecule has 0 aromatic carbocycles. The first kappa shape index (κ1) is 15.0. The van der Waals surface area contributed by atoms with Gasteiger partial charge in [-0.05, 0) is 12.1 Å². The Kier molecular flexibility index (Phi) is 4.19. The summed E-state index contributed by atoms with van der Waals surface area (Å²) >= 11 is 0. The molecule has 7 nitrogen and oxygen atoms in total. The van der Waals surface area contributed by atoms with E-state index in [1.165, 1.54) is 6.07 Å². The number of ether oxygens (including phenoxy) is 1. The predicted octanol–water partition coefficient (Wildman–Crippen LogP) is 0.621. The lowest BCUT2D eigenvalue weighted by atomic mass is 10.4. The van der Waals surface area contributed by atoms with Gasteiger partial charge < -0.3 is 14.7 Å². The Bertz CT molecular complexity index is 573. The molecule has 0 fully saturated rings. The third-order valence-corrected chi connectivity index (χ3v) is 2.74.